The van der Waals surface area contributed by atoms with E-state index in [1.165, 1.54) is 24.8 Å². The van der Waals surface area contributed by atoms with Gasteiger partial charge in [0.2, 0.25) is 0 Å². The van der Waals surface area contributed by atoms with Gasteiger partial charge in [-0.25, -0.2) is 0 Å². The minimum Gasteiger partial charge on any atom is -0.481 e. The topological polar surface area (TPSA) is 37.3 Å². The van der Waals surface area contributed by atoms with Crippen LogP contribution < -0.4 is 0 Å². The van der Waals surface area contributed by atoms with Gasteiger partial charge in [0.05, 0.1) is 6.42 Å². The predicted octanol–water partition coefficient (Wildman–Crippen LogP) is 4.00. The van der Waals surface area contributed by atoms with E-state index in [-0.39, 0.29) is 10.8 Å². The molecule has 4 aliphatic rings. The molecule has 2 nitrogen and oxygen atoms in total. The molecule has 20 heavy (non-hydrogen) atoms. The Balaban J connectivity index is 1.74. The van der Waals surface area contributed by atoms with E-state index >= 15 is 0 Å². The summed E-state index contributed by atoms with van der Waals surface area (Å²) in [6.45, 7) is 0. The van der Waals surface area contributed by atoms with E-state index in [1.54, 1.807) is 0 Å². The Morgan fingerprint density at radius 2 is 1.75 bits per heavy atom. The molecule has 4 saturated carbocycles. The van der Waals surface area contributed by atoms with E-state index in [0.29, 0.717) is 6.42 Å². The first-order valence-corrected chi connectivity index (χ1v) is 7.87. The first kappa shape index (κ1) is 12.4. The fourth-order valence-corrected chi connectivity index (χ4v) is 6.11. The minimum atomic E-state index is -0.602. The summed E-state index contributed by atoms with van der Waals surface area (Å²) in [5.74, 6) is 0.918. The summed E-state index contributed by atoms with van der Waals surface area (Å²) < 4.78 is 0. The highest BCUT2D eigenvalue weighted by Gasteiger charge is 2.58. The van der Waals surface area contributed by atoms with Crippen LogP contribution in [-0.4, -0.2) is 11.1 Å². The van der Waals surface area contributed by atoms with Crippen LogP contribution in [0, 0.1) is 17.3 Å². The van der Waals surface area contributed by atoms with Crippen LogP contribution in [0.25, 0.3) is 0 Å². The van der Waals surface area contributed by atoms with Gasteiger partial charge in [0.15, 0.2) is 0 Å². The Morgan fingerprint density at radius 3 is 2.35 bits per heavy atom. The second-order valence-electron chi connectivity index (χ2n) is 7.68. The molecule has 5 rings (SSSR count). The van der Waals surface area contributed by atoms with Gasteiger partial charge in [-0.15, -0.1) is 0 Å². The number of hydrogen-bond acceptors (Lipinski definition) is 1. The van der Waals surface area contributed by atoms with Crippen molar-refractivity contribution in [2.24, 2.45) is 17.3 Å². The van der Waals surface area contributed by atoms with Crippen LogP contribution in [0.1, 0.15) is 50.5 Å². The lowest BCUT2D eigenvalue weighted by molar-refractivity contribution is -0.146. The van der Waals surface area contributed by atoms with Crippen LogP contribution in [0.15, 0.2) is 30.3 Å². The molecule has 0 saturated heterocycles. The normalized spacial score (nSPS) is 41.8. The predicted molar refractivity (Wildman–Crippen MR) is 77.5 cm³/mol. The average molecular weight is 270 g/mol. The summed E-state index contributed by atoms with van der Waals surface area (Å²) in [5.41, 5.74) is 1.83. The molecule has 4 fully saturated rings. The lowest BCUT2D eigenvalue weighted by Gasteiger charge is -2.62. The zero-order valence-electron chi connectivity index (χ0n) is 11.8. The van der Waals surface area contributed by atoms with Gasteiger partial charge >= 0.3 is 5.97 Å². The molecule has 1 aromatic rings. The van der Waals surface area contributed by atoms with Crippen LogP contribution in [0.5, 0.6) is 0 Å². The van der Waals surface area contributed by atoms with Crippen LogP contribution in [0.2, 0.25) is 0 Å². The number of carboxylic acid groups (broad SMARTS) is 1. The highest BCUT2D eigenvalue weighted by atomic mass is 16.4. The van der Waals surface area contributed by atoms with Crippen molar-refractivity contribution in [1.29, 1.82) is 0 Å². The Hall–Kier alpha value is -1.31. The van der Waals surface area contributed by atoms with E-state index in [0.717, 1.165) is 31.1 Å². The third kappa shape index (κ3) is 1.81. The second-order valence-corrected chi connectivity index (χ2v) is 7.68. The molecule has 0 aliphatic heterocycles. The van der Waals surface area contributed by atoms with Gasteiger partial charge in [-0.1, -0.05) is 30.3 Å². The highest BCUT2D eigenvalue weighted by molar-refractivity contribution is 5.68. The van der Waals surface area contributed by atoms with Crippen molar-refractivity contribution >= 4 is 5.97 Å². The van der Waals surface area contributed by atoms with Crippen molar-refractivity contribution in [3.8, 4) is 0 Å². The molecule has 2 unspecified atom stereocenters. The first-order valence-electron chi connectivity index (χ1n) is 7.87. The lowest BCUT2D eigenvalue weighted by Crippen LogP contribution is -2.54. The van der Waals surface area contributed by atoms with E-state index < -0.39 is 5.97 Å². The van der Waals surface area contributed by atoms with Gasteiger partial charge in [-0.3, -0.25) is 4.79 Å². The summed E-state index contributed by atoms with van der Waals surface area (Å²) in [4.78, 5) is 11.3. The van der Waals surface area contributed by atoms with Crippen molar-refractivity contribution in [3.63, 3.8) is 0 Å². The maximum atomic E-state index is 11.3. The van der Waals surface area contributed by atoms with Crippen LogP contribution >= 0.6 is 0 Å². The van der Waals surface area contributed by atoms with Gasteiger partial charge in [-0.05, 0) is 66.8 Å². The smallest absolute Gasteiger partial charge is 0.303 e. The monoisotopic (exact) mass is 270 g/mol. The Kier molecular flexibility index (Phi) is 2.55. The molecule has 0 aromatic heterocycles. The SMILES string of the molecule is O=C(O)CC12C[C@H]3C[C@@H](C1)CC(c1ccccc1)(C3)C2. The zero-order chi connectivity index (χ0) is 13.8. The van der Waals surface area contributed by atoms with Gasteiger partial charge in [0, 0.05) is 0 Å². The van der Waals surface area contributed by atoms with Crippen LogP contribution in [0.4, 0.5) is 0 Å². The number of rotatable bonds is 3. The molecule has 1 aromatic carbocycles. The maximum absolute atomic E-state index is 11.3. The molecule has 4 bridgehead atoms. The molecule has 4 atom stereocenters. The van der Waals surface area contributed by atoms with Crippen molar-refractivity contribution in [2.75, 3.05) is 0 Å². The van der Waals surface area contributed by atoms with Crippen molar-refractivity contribution < 1.29 is 9.90 Å². The number of carboxylic acids is 1. The van der Waals surface area contributed by atoms with Crippen LogP contribution in [0.3, 0.4) is 0 Å². The third-order valence-electron chi connectivity index (χ3n) is 6.09. The second kappa shape index (κ2) is 4.09. The highest BCUT2D eigenvalue weighted by Crippen LogP contribution is 2.66. The molecule has 2 heteroatoms. The molecular weight excluding hydrogens is 248 g/mol. The molecule has 0 heterocycles. The van der Waals surface area contributed by atoms with Gasteiger partial charge in [-0.2, -0.15) is 0 Å². The van der Waals surface area contributed by atoms with Gasteiger partial charge in [0.25, 0.3) is 0 Å². The molecule has 0 radical (unpaired) electrons. The molecular formula is C18H22O2. The standard InChI is InChI=1S/C18H22O2/c19-16(20)11-17-7-13-6-14(8-17)10-18(9-13,12-17)15-4-2-1-3-5-15/h1-5,13-14H,6-12H2,(H,19,20)/t13-,14+,17?,18?. The summed E-state index contributed by atoms with van der Waals surface area (Å²) in [7, 11) is 0. The first-order chi connectivity index (χ1) is 9.59. The Bertz CT molecular complexity index is 520. The summed E-state index contributed by atoms with van der Waals surface area (Å²) in [6.07, 6.45) is 7.71. The summed E-state index contributed by atoms with van der Waals surface area (Å²) >= 11 is 0. The van der Waals surface area contributed by atoms with E-state index in [2.05, 4.69) is 30.3 Å². The molecule has 0 spiro atoms. The number of benzene rings is 1. The average Bonchev–Trinajstić information content (AvgIpc) is 2.36. The third-order valence-corrected chi connectivity index (χ3v) is 6.09. The van der Waals surface area contributed by atoms with Crippen molar-refractivity contribution in [1.82, 2.24) is 0 Å². The summed E-state index contributed by atoms with van der Waals surface area (Å²) in [5, 5.41) is 9.33. The molecule has 106 valence electrons. The van der Waals surface area contributed by atoms with Gasteiger partial charge in [0.1, 0.15) is 0 Å². The fourth-order valence-electron chi connectivity index (χ4n) is 6.11. The zero-order valence-corrected chi connectivity index (χ0v) is 11.8. The van der Waals surface area contributed by atoms with Gasteiger partial charge < -0.3 is 5.11 Å². The lowest BCUT2D eigenvalue weighted by atomic mass is 9.42. The van der Waals surface area contributed by atoms with Crippen molar-refractivity contribution in [3.05, 3.63) is 35.9 Å². The maximum Gasteiger partial charge on any atom is 0.303 e. The van der Waals surface area contributed by atoms with Crippen LogP contribution in [-0.2, 0) is 10.2 Å². The van der Waals surface area contributed by atoms with E-state index in [4.69, 9.17) is 0 Å². The number of hydrogen-bond donors (Lipinski definition) is 1. The quantitative estimate of drug-likeness (QED) is 0.901. The minimum absolute atomic E-state index is 0.0890. The molecule has 1 N–H and O–H groups in total. The largest absolute Gasteiger partial charge is 0.481 e. The Labute approximate surface area is 120 Å². The van der Waals surface area contributed by atoms with Crippen molar-refractivity contribution in [2.45, 2.75) is 50.4 Å². The molecule has 4 aliphatic carbocycles. The van der Waals surface area contributed by atoms with E-state index in [1.807, 2.05) is 0 Å². The van der Waals surface area contributed by atoms with E-state index in [9.17, 15) is 9.90 Å². The number of carbonyl (C=O) groups is 1. The number of aliphatic carboxylic acids is 1. The summed E-state index contributed by atoms with van der Waals surface area (Å²) in [6, 6.07) is 10.9. The Morgan fingerprint density at radius 1 is 1.10 bits per heavy atom. The molecule has 0 amide bonds. The fraction of sp³-hybridized carbons (Fsp3) is 0.611.